The van der Waals surface area contributed by atoms with Crippen molar-refractivity contribution < 1.29 is 9.53 Å². The predicted octanol–water partition coefficient (Wildman–Crippen LogP) is 3.70. The molecule has 1 aromatic rings. The first kappa shape index (κ1) is 17.7. The monoisotopic (exact) mass is 291 g/mol. The first-order valence-electron chi connectivity index (χ1n) is 8.07. The maximum atomic E-state index is 12.5. The van der Waals surface area contributed by atoms with E-state index >= 15 is 0 Å². The third kappa shape index (κ3) is 5.50. The van der Waals surface area contributed by atoms with Crippen molar-refractivity contribution >= 4 is 5.97 Å². The van der Waals surface area contributed by atoms with E-state index in [2.05, 4.69) is 32.6 Å². The molecule has 0 aliphatic carbocycles. The summed E-state index contributed by atoms with van der Waals surface area (Å²) in [4.78, 5) is 14.7. The summed E-state index contributed by atoms with van der Waals surface area (Å²) in [6.45, 7) is 11.7. The van der Waals surface area contributed by atoms with Crippen molar-refractivity contribution in [3.63, 3.8) is 0 Å². The van der Waals surface area contributed by atoms with Crippen LogP contribution in [0.2, 0.25) is 0 Å². The van der Waals surface area contributed by atoms with Gasteiger partial charge in [-0.1, -0.05) is 64.4 Å². The predicted molar refractivity (Wildman–Crippen MR) is 87.4 cm³/mol. The Morgan fingerprint density at radius 1 is 1.14 bits per heavy atom. The summed E-state index contributed by atoms with van der Waals surface area (Å²) in [5.41, 5.74) is 1.06. The fraction of sp³-hybridized carbons (Fsp3) is 0.611. The molecule has 0 saturated heterocycles. The Morgan fingerprint density at radius 2 is 1.76 bits per heavy atom. The van der Waals surface area contributed by atoms with E-state index in [1.54, 1.807) is 0 Å². The van der Waals surface area contributed by atoms with Crippen LogP contribution in [0.4, 0.5) is 0 Å². The fourth-order valence-corrected chi connectivity index (χ4v) is 2.50. The quantitative estimate of drug-likeness (QED) is 0.650. The molecule has 0 aromatic heterocycles. The number of ether oxygens (including phenoxy) is 1. The van der Waals surface area contributed by atoms with Gasteiger partial charge in [-0.25, -0.2) is 0 Å². The van der Waals surface area contributed by atoms with Crippen molar-refractivity contribution in [2.45, 2.75) is 40.0 Å². The minimum atomic E-state index is -0.159. The van der Waals surface area contributed by atoms with E-state index in [0.717, 1.165) is 31.6 Å². The van der Waals surface area contributed by atoms with Crippen molar-refractivity contribution in [1.29, 1.82) is 0 Å². The van der Waals surface area contributed by atoms with Crippen molar-refractivity contribution in [2.24, 2.45) is 5.92 Å². The van der Waals surface area contributed by atoms with E-state index in [0.29, 0.717) is 6.61 Å². The fourth-order valence-electron chi connectivity index (χ4n) is 2.50. The van der Waals surface area contributed by atoms with Gasteiger partial charge in [0.05, 0.1) is 5.92 Å². The molecule has 118 valence electrons. The number of esters is 1. The molecular formula is C18H29NO2. The van der Waals surface area contributed by atoms with Gasteiger partial charge in [0.1, 0.15) is 6.61 Å². The summed E-state index contributed by atoms with van der Waals surface area (Å²) in [6, 6.07) is 9.97. The number of hydrogen-bond acceptors (Lipinski definition) is 3. The Morgan fingerprint density at radius 3 is 2.29 bits per heavy atom. The topological polar surface area (TPSA) is 29.5 Å². The number of carbonyl (C=O) groups excluding carboxylic acids is 1. The molecule has 3 heteroatoms. The molecule has 0 spiro atoms. The van der Waals surface area contributed by atoms with Crippen LogP contribution >= 0.6 is 0 Å². The number of benzene rings is 1. The second kappa shape index (κ2) is 9.56. The van der Waals surface area contributed by atoms with Crippen molar-refractivity contribution in [3.8, 4) is 0 Å². The zero-order valence-electron chi connectivity index (χ0n) is 13.8. The average molecular weight is 291 g/mol. The maximum absolute atomic E-state index is 12.5. The molecule has 0 amide bonds. The molecule has 0 radical (unpaired) electrons. The lowest BCUT2D eigenvalue weighted by Gasteiger charge is -2.23. The summed E-state index contributed by atoms with van der Waals surface area (Å²) in [6.07, 6.45) is 0.963. The molecule has 0 heterocycles. The highest BCUT2D eigenvalue weighted by Gasteiger charge is 2.27. The Kier molecular flexibility index (Phi) is 8.06. The summed E-state index contributed by atoms with van der Waals surface area (Å²) in [5.74, 6) is 0.0314. The van der Waals surface area contributed by atoms with Crippen LogP contribution in [0, 0.1) is 5.92 Å². The minimum absolute atomic E-state index is 0.0947. The molecule has 2 atom stereocenters. The number of nitrogens with zero attached hydrogens (tertiary/aromatic N) is 1. The van der Waals surface area contributed by atoms with Gasteiger partial charge < -0.3 is 9.64 Å². The van der Waals surface area contributed by atoms with Crippen molar-refractivity contribution in [3.05, 3.63) is 35.9 Å². The third-order valence-electron chi connectivity index (χ3n) is 4.17. The molecule has 0 unspecified atom stereocenters. The van der Waals surface area contributed by atoms with Gasteiger partial charge in [-0.3, -0.25) is 4.79 Å². The zero-order chi connectivity index (χ0) is 15.7. The largest absolute Gasteiger partial charge is 0.464 e. The summed E-state index contributed by atoms with van der Waals surface area (Å²) in [7, 11) is 0. The lowest BCUT2D eigenvalue weighted by atomic mass is 9.86. The number of hydrogen-bond donors (Lipinski definition) is 0. The van der Waals surface area contributed by atoms with Crippen LogP contribution in [0.15, 0.2) is 30.3 Å². The molecule has 0 bridgehead atoms. The Balaban J connectivity index is 2.65. The van der Waals surface area contributed by atoms with E-state index in [1.165, 1.54) is 0 Å². The number of carbonyl (C=O) groups is 1. The highest BCUT2D eigenvalue weighted by atomic mass is 16.5. The van der Waals surface area contributed by atoms with Crippen LogP contribution in [0.3, 0.4) is 0 Å². The van der Waals surface area contributed by atoms with Crippen molar-refractivity contribution in [1.82, 2.24) is 4.90 Å². The standard InChI is InChI=1S/C18H29NO2/c1-5-15(4)17(16-11-9-8-10-12-16)18(20)21-14-13-19(6-2)7-3/h8-12,15,17H,5-7,13-14H2,1-4H3/t15-,17-/m0/s1. The van der Waals surface area contributed by atoms with Gasteiger partial charge in [0.25, 0.3) is 0 Å². The molecule has 0 fully saturated rings. The SMILES string of the molecule is CC[C@H](C)[C@H](C(=O)OCCN(CC)CC)c1ccccc1. The third-order valence-corrected chi connectivity index (χ3v) is 4.17. The molecule has 0 N–H and O–H groups in total. The second-order valence-electron chi connectivity index (χ2n) is 5.47. The molecule has 0 aliphatic heterocycles. The molecule has 0 aliphatic rings. The van der Waals surface area contributed by atoms with E-state index in [1.807, 2.05) is 30.3 Å². The Labute approximate surface area is 129 Å². The van der Waals surface area contributed by atoms with Crippen LogP contribution < -0.4 is 0 Å². The van der Waals surface area contributed by atoms with Gasteiger partial charge in [0.15, 0.2) is 0 Å². The number of rotatable bonds is 9. The average Bonchev–Trinajstić information content (AvgIpc) is 2.52. The normalized spacial score (nSPS) is 14.0. The maximum Gasteiger partial charge on any atom is 0.313 e. The van der Waals surface area contributed by atoms with Crippen LogP contribution in [0.1, 0.15) is 45.6 Å². The van der Waals surface area contributed by atoms with Crippen LogP contribution in [0.25, 0.3) is 0 Å². The van der Waals surface area contributed by atoms with E-state index < -0.39 is 0 Å². The van der Waals surface area contributed by atoms with E-state index in [9.17, 15) is 4.79 Å². The van der Waals surface area contributed by atoms with Gasteiger partial charge in [0, 0.05) is 6.54 Å². The summed E-state index contributed by atoms with van der Waals surface area (Å²) >= 11 is 0. The van der Waals surface area contributed by atoms with Gasteiger partial charge in [-0.2, -0.15) is 0 Å². The molecule has 1 rings (SSSR count). The lowest BCUT2D eigenvalue weighted by molar-refractivity contribution is -0.147. The van der Waals surface area contributed by atoms with Gasteiger partial charge in [-0.05, 0) is 24.6 Å². The first-order chi connectivity index (χ1) is 10.1. The van der Waals surface area contributed by atoms with Gasteiger partial charge in [-0.15, -0.1) is 0 Å². The molecule has 0 saturated carbocycles. The highest BCUT2D eigenvalue weighted by Crippen LogP contribution is 2.28. The van der Waals surface area contributed by atoms with Gasteiger partial charge >= 0.3 is 5.97 Å². The molecular weight excluding hydrogens is 262 g/mol. The van der Waals surface area contributed by atoms with Crippen LogP contribution in [0.5, 0.6) is 0 Å². The lowest BCUT2D eigenvalue weighted by Crippen LogP contribution is -2.30. The zero-order valence-corrected chi connectivity index (χ0v) is 13.8. The Hall–Kier alpha value is -1.35. The summed E-state index contributed by atoms with van der Waals surface area (Å²) in [5, 5.41) is 0. The van der Waals surface area contributed by atoms with Crippen LogP contribution in [-0.4, -0.2) is 37.1 Å². The van der Waals surface area contributed by atoms with E-state index in [4.69, 9.17) is 4.74 Å². The number of likely N-dealkylation sites (N-methyl/N-ethyl adjacent to an activating group) is 1. The molecule has 3 nitrogen and oxygen atoms in total. The van der Waals surface area contributed by atoms with Crippen LogP contribution in [-0.2, 0) is 9.53 Å². The van der Waals surface area contributed by atoms with Gasteiger partial charge in [0.2, 0.25) is 0 Å². The summed E-state index contributed by atoms with van der Waals surface area (Å²) < 4.78 is 5.54. The minimum Gasteiger partial charge on any atom is -0.464 e. The molecule has 1 aromatic carbocycles. The smallest absolute Gasteiger partial charge is 0.313 e. The molecule has 21 heavy (non-hydrogen) atoms. The van der Waals surface area contributed by atoms with Crippen molar-refractivity contribution in [2.75, 3.05) is 26.2 Å². The first-order valence-corrected chi connectivity index (χ1v) is 8.07. The second-order valence-corrected chi connectivity index (χ2v) is 5.47. The van der Waals surface area contributed by atoms with E-state index in [-0.39, 0.29) is 17.8 Å². The highest BCUT2D eigenvalue weighted by molar-refractivity contribution is 5.78. The Bertz CT molecular complexity index is 401.